The molecule has 1 atom stereocenters. The number of hydrogen-bond donors (Lipinski definition) is 3. The monoisotopic (exact) mass is 268 g/mol. The van der Waals surface area contributed by atoms with Gasteiger partial charge in [0.25, 0.3) is 5.69 Å². The molecule has 1 heterocycles. The highest BCUT2D eigenvalue weighted by Crippen LogP contribution is 2.21. The van der Waals surface area contributed by atoms with Crippen molar-refractivity contribution in [3.05, 3.63) is 22.2 Å². The molecule has 0 aliphatic heterocycles. The van der Waals surface area contributed by atoms with E-state index in [1.54, 1.807) is 0 Å². The summed E-state index contributed by atoms with van der Waals surface area (Å²) < 4.78 is 0. The van der Waals surface area contributed by atoms with E-state index in [1.807, 2.05) is 13.8 Å². The van der Waals surface area contributed by atoms with E-state index in [4.69, 9.17) is 5.11 Å². The minimum absolute atomic E-state index is 0.00260. The van der Waals surface area contributed by atoms with Gasteiger partial charge in [-0.1, -0.05) is 0 Å². The standard InChI is InChI=1S/C12H20N4O3/c1-3-13-11-7-10(16(18)19)8-12(15-11)14-9(2)5-4-6-17/h7-9,17H,3-6H2,1-2H3,(H2,13,14,15). The minimum atomic E-state index is -0.438. The molecule has 0 saturated heterocycles. The molecule has 0 bridgehead atoms. The molecule has 1 aromatic heterocycles. The van der Waals surface area contributed by atoms with Crippen LogP contribution in [-0.2, 0) is 0 Å². The van der Waals surface area contributed by atoms with Crippen LogP contribution in [0.2, 0.25) is 0 Å². The predicted molar refractivity (Wildman–Crippen MR) is 74.5 cm³/mol. The summed E-state index contributed by atoms with van der Waals surface area (Å²) in [6.45, 7) is 4.63. The van der Waals surface area contributed by atoms with Gasteiger partial charge in [-0.2, -0.15) is 0 Å². The van der Waals surface area contributed by atoms with Crippen molar-refractivity contribution in [1.29, 1.82) is 0 Å². The molecule has 0 amide bonds. The van der Waals surface area contributed by atoms with E-state index in [1.165, 1.54) is 12.1 Å². The van der Waals surface area contributed by atoms with Gasteiger partial charge < -0.3 is 15.7 Å². The van der Waals surface area contributed by atoms with E-state index >= 15 is 0 Å². The fraction of sp³-hybridized carbons (Fsp3) is 0.583. The quantitative estimate of drug-likeness (QED) is 0.492. The summed E-state index contributed by atoms with van der Waals surface area (Å²) in [5, 5.41) is 25.7. The van der Waals surface area contributed by atoms with Crippen LogP contribution in [0, 0.1) is 10.1 Å². The third kappa shape index (κ3) is 5.09. The molecule has 0 aliphatic rings. The van der Waals surface area contributed by atoms with Gasteiger partial charge in [-0.05, 0) is 26.7 Å². The Morgan fingerprint density at radius 3 is 2.74 bits per heavy atom. The molecule has 1 aromatic rings. The van der Waals surface area contributed by atoms with Crippen molar-refractivity contribution in [2.45, 2.75) is 32.7 Å². The van der Waals surface area contributed by atoms with Crippen LogP contribution in [0.25, 0.3) is 0 Å². The number of nitro groups is 1. The molecule has 0 fully saturated rings. The number of rotatable bonds is 8. The van der Waals surface area contributed by atoms with E-state index in [2.05, 4.69) is 15.6 Å². The number of aliphatic hydroxyl groups is 1. The molecule has 0 spiro atoms. The van der Waals surface area contributed by atoms with Gasteiger partial charge in [0.15, 0.2) is 0 Å². The molecule has 106 valence electrons. The maximum absolute atomic E-state index is 10.9. The zero-order chi connectivity index (χ0) is 14.3. The van der Waals surface area contributed by atoms with Gasteiger partial charge >= 0.3 is 0 Å². The summed E-state index contributed by atoms with van der Waals surface area (Å²) in [6.07, 6.45) is 1.46. The third-order valence-electron chi connectivity index (χ3n) is 2.57. The van der Waals surface area contributed by atoms with E-state index in [0.717, 1.165) is 6.42 Å². The predicted octanol–water partition coefficient (Wildman–Crippen LogP) is 1.99. The number of nitrogens with zero attached hydrogens (tertiary/aromatic N) is 2. The number of aliphatic hydroxyl groups excluding tert-OH is 1. The lowest BCUT2D eigenvalue weighted by molar-refractivity contribution is -0.384. The Balaban J connectivity index is 2.83. The first-order chi connectivity index (χ1) is 9.06. The van der Waals surface area contributed by atoms with E-state index in [0.29, 0.717) is 24.6 Å². The fourth-order valence-electron chi connectivity index (χ4n) is 1.69. The zero-order valence-electron chi connectivity index (χ0n) is 11.2. The van der Waals surface area contributed by atoms with Gasteiger partial charge in [0.2, 0.25) is 0 Å². The average Bonchev–Trinajstić information content (AvgIpc) is 2.36. The number of aromatic nitrogens is 1. The molecule has 0 saturated carbocycles. The smallest absolute Gasteiger partial charge is 0.276 e. The number of anilines is 2. The van der Waals surface area contributed by atoms with Crippen molar-refractivity contribution in [3.63, 3.8) is 0 Å². The lowest BCUT2D eigenvalue weighted by Crippen LogP contribution is -2.17. The van der Waals surface area contributed by atoms with Crippen molar-refractivity contribution in [2.75, 3.05) is 23.8 Å². The number of nitrogens with one attached hydrogen (secondary N) is 2. The first-order valence-electron chi connectivity index (χ1n) is 6.34. The third-order valence-corrected chi connectivity index (χ3v) is 2.57. The van der Waals surface area contributed by atoms with Gasteiger partial charge in [0.1, 0.15) is 11.6 Å². The molecule has 0 aliphatic carbocycles. The van der Waals surface area contributed by atoms with Gasteiger partial charge in [0.05, 0.1) is 17.1 Å². The Hall–Kier alpha value is -1.89. The minimum Gasteiger partial charge on any atom is -0.396 e. The van der Waals surface area contributed by atoms with Gasteiger partial charge in [-0.3, -0.25) is 10.1 Å². The van der Waals surface area contributed by atoms with Crippen LogP contribution in [-0.4, -0.2) is 34.2 Å². The largest absolute Gasteiger partial charge is 0.396 e. The molecule has 0 radical (unpaired) electrons. The molecule has 3 N–H and O–H groups in total. The van der Waals surface area contributed by atoms with E-state index < -0.39 is 4.92 Å². The molecule has 7 nitrogen and oxygen atoms in total. The van der Waals surface area contributed by atoms with Crippen molar-refractivity contribution >= 4 is 17.3 Å². The van der Waals surface area contributed by atoms with Crippen LogP contribution in [0.1, 0.15) is 26.7 Å². The highest BCUT2D eigenvalue weighted by Gasteiger charge is 2.12. The first-order valence-corrected chi connectivity index (χ1v) is 6.34. The van der Waals surface area contributed by atoms with Crippen LogP contribution < -0.4 is 10.6 Å². The Kier molecular flexibility index (Phi) is 6.01. The van der Waals surface area contributed by atoms with Crippen LogP contribution in [0.15, 0.2) is 12.1 Å². The number of pyridine rings is 1. The zero-order valence-corrected chi connectivity index (χ0v) is 11.2. The SMILES string of the molecule is CCNc1cc([N+](=O)[O-])cc(NC(C)CCCO)n1. The van der Waals surface area contributed by atoms with Crippen molar-refractivity contribution in [3.8, 4) is 0 Å². The normalized spacial score (nSPS) is 11.9. The highest BCUT2D eigenvalue weighted by molar-refractivity contribution is 5.54. The lowest BCUT2D eigenvalue weighted by atomic mass is 10.2. The highest BCUT2D eigenvalue weighted by atomic mass is 16.6. The Bertz CT molecular complexity index is 425. The first kappa shape index (κ1) is 15.2. The molecule has 19 heavy (non-hydrogen) atoms. The van der Waals surface area contributed by atoms with Crippen molar-refractivity contribution < 1.29 is 10.0 Å². The van der Waals surface area contributed by atoms with Crippen LogP contribution >= 0.6 is 0 Å². The molecule has 7 heteroatoms. The molecule has 1 rings (SSSR count). The lowest BCUT2D eigenvalue weighted by Gasteiger charge is -2.14. The fourth-order valence-corrected chi connectivity index (χ4v) is 1.69. The summed E-state index contributed by atoms with van der Waals surface area (Å²) in [5.41, 5.74) is 0.00260. The van der Waals surface area contributed by atoms with E-state index in [9.17, 15) is 10.1 Å². The Morgan fingerprint density at radius 1 is 1.47 bits per heavy atom. The Morgan fingerprint density at radius 2 is 2.16 bits per heavy atom. The maximum Gasteiger partial charge on any atom is 0.276 e. The summed E-state index contributed by atoms with van der Waals surface area (Å²) in [4.78, 5) is 14.7. The molecular weight excluding hydrogens is 248 g/mol. The molecule has 0 aromatic carbocycles. The Labute approximate surface area is 112 Å². The van der Waals surface area contributed by atoms with Gasteiger partial charge in [-0.25, -0.2) is 4.98 Å². The number of hydrogen-bond acceptors (Lipinski definition) is 6. The van der Waals surface area contributed by atoms with Gasteiger partial charge in [0, 0.05) is 19.2 Å². The van der Waals surface area contributed by atoms with Crippen LogP contribution in [0.5, 0.6) is 0 Å². The van der Waals surface area contributed by atoms with Crippen LogP contribution in [0.3, 0.4) is 0 Å². The van der Waals surface area contributed by atoms with Crippen molar-refractivity contribution in [1.82, 2.24) is 4.98 Å². The summed E-state index contributed by atoms with van der Waals surface area (Å²) >= 11 is 0. The average molecular weight is 268 g/mol. The summed E-state index contributed by atoms with van der Waals surface area (Å²) in [7, 11) is 0. The van der Waals surface area contributed by atoms with Crippen molar-refractivity contribution in [2.24, 2.45) is 0 Å². The topological polar surface area (TPSA) is 100 Å². The second kappa shape index (κ2) is 7.52. The summed E-state index contributed by atoms with van der Waals surface area (Å²) in [5.74, 6) is 0.948. The van der Waals surface area contributed by atoms with E-state index in [-0.39, 0.29) is 18.3 Å². The second-order valence-electron chi connectivity index (χ2n) is 4.29. The molecule has 1 unspecified atom stereocenters. The second-order valence-corrected chi connectivity index (χ2v) is 4.29. The summed E-state index contributed by atoms with van der Waals surface area (Å²) in [6, 6.07) is 2.92. The van der Waals surface area contributed by atoms with Crippen LogP contribution in [0.4, 0.5) is 17.3 Å². The molecular formula is C12H20N4O3. The maximum atomic E-state index is 10.9. The van der Waals surface area contributed by atoms with Gasteiger partial charge in [-0.15, -0.1) is 0 Å².